The monoisotopic (exact) mass is 634 g/mol. The Kier molecular flexibility index (Phi) is 9.66. The topological polar surface area (TPSA) is 15.3 Å². The third-order valence-electron chi connectivity index (χ3n) is 9.34. The summed E-state index contributed by atoms with van der Waals surface area (Å²) in [6, 6.07) is 53.3. The zero-order valence-corrected chi connectivity index (χ0v) is 28.2. The van der Waals surface area contributed by atoms with Crippen LogP contribution in [-0.2, 0) is 0 Å². The summed E-state index contributed by atoms with van der Waals surface area (Å²) in [5.41, 5.74) is 11.3. The van der Waals surface area contributed by atoms with E-state index < -0.39 is 0 Å². The molecule has 2 heteroatoms. The van der Waals surface area contributed by atoms with Crippen LogP contribution in [-0.4, -0.2) is 0 Å². The molecule has 0 saturated heterocycles. The van der Waals surface area contributed by atoms with E-state index in [9.17, 15) is 0 Å². The van der Waals surface area contributed by atoms with E-state index in [1.807, 2.05) is 31.2 Å². The number of para-hydroxylation sites is 2. The van der Waals surface area contributed by atoms with Crippen LogP contribution in [0.5, 0.6) is 0 Å². The number of nitrogens with zero attached hydrogens (tertiary/aromatic N) is 1. The third-order valence-corrected chi connectivity index (χ3v) is 9.34. The Morgan fingerprint density at radius 3 is 2.08 bits per heavy atom. The van der Waals surface area contributed by atoms with Gasteiger partial charge in [0.25, 0.3) is 0 Å². The van der Waals surface area contributed by atoms with E-state index in [1.165, 1.54) is 45.2 Å². The van der Waals surface area contributed by atoms with E-state index in [0.717, 1.165) is 34.6 Å². The minimum Gasteiger partial charge on any atom is -0.355 e. The Morgan fingerprint density at radius 1 is 0.612 bits per heavy atom. The molecule has 2 atom stereocenters. The van der Waals surface area contributed by atoms with Crippen LogP contribution in [0.15, 0.2) is 188 Å². The number of rotatable bonds is 8. The third kappa shape index (κ3) is 7.50. The molecule has 2 nitrogen and oxygen atoms in total. The van der Waals surface area contributed by atoms with Crippen LogP contribution in [0.4, 0.5) is 28.4 Å². The minimum absolute atomic E-state index is 0.719. The fourth-order valence-electron chi connectivity index (χ4n) is 6.70. The maximum Gasteiger partial charge on any atom is 0.0467 e. The second-order valence-electron chi connectivity index (χ2n) is 12.7. The molecule has 2 unspecified atom stereocenters. The van der Waals surface area contributed by atoms with Crippen molar-refractivity contribution in [2.24, 2.45) is 11.8 Å². The van der Waals surface area contributed by atoms with Gasteiger partial charge in [-0.1, -0.05) is 139 Å². The zero-order valence-electron chi connectivity index (χ0n) is 28.2. The van der Waals surface area contributed by atoms with Crippen LogP contribution >= 0.6 is 0 Å². The molecule has 0 amide bonds. The van der Waals surface area contributed by atoms with Crippen LogP contribution in [0, 0.1) is 11.8 Å². The van der Waals surface area contributed by atoms with Crippen molar-refractivity contribution in [3.8, 4) is 0 Å². The highest BCUT2D eigenvalue weighted by Crippen LogP contribution is 2.54. The van der Waals surface area contributed by atoms with Crippen molar-refractivity contribution < 1.29 is 0 Å². The quantitative estimate of drug-likeness (QED) is 0.168. The highest BCUT2D eigenvalue weighted by Gasteiger charge is 2.42. The van der Waals surface area contributed by atoms with E-state index in [0.29, 0.717) is 0 Å². The van der Waals surface area contributed by atoms with Crippen LogP contribution < -0.4 is 10.2 Å². The Hall–Kier alpha value is -5.86. The molecule has 0 bridgehead atoms. The molecule has 1 saturated carbocycles. The molecular formula is C47H42N2. The summed E-state index contributed by atoms with van der Waals surface area (Å²) in [6.07, 6.45) is 14.3. The first-order chi connectivity index (χ1) is 24.2. The first-order valence-corrected chi connectivity index (χ1v) is 17.2. The van der Waals surface area contributed by atoms with Gasteiger partial charge in [-0.3, -0.25) is 0 Å². The van der Waals surface area contributed by atoms with Crippen molar-refractivity contribution in [1.82, 2.24) is 0 Å². The second kappa shape index (κ2) is 14.9. The molecule has 1 fully saturated rings. The largest absolute Gasteiger partial charge is 0.355 e. The van der Waals surface area contributed by atoms with E-state index in [1.54, 1.807) is 0 Å². The maximum atomic E-state index is 3.45. The van der Waals surface area contributed by atoms with Crippen molar-refractivity contribution in [2.45, 2.75) is 20.3 Å². The van der Waals surface area contributed by atoms with Gasteiger partial charge in [0.15, 0.2) is 0 Å². The number of fused-ring (bicyclic) bond motifs is 2. The van der Waals surface area contributed by atoms with Crippen molar-refractivity contribution in [2.75, 3.05) is 10.2 Å². The van der Waals surface area contributed by atoms with Crippen molar-refractivity contribution >= 4 is 50.9 Å². The summed E-state index contributed by atoms with van der Waals surface area (Å²) in [4.78, 5) is 2.33. The number of nitrogens with one attached hydrogen (secondary N) is 1. The minimum atomic E-state index is 0.719. The summed E-state index contributed by atoms with van der Waals surface area (Å²) >= 11 is 0. The molecule has 6 aromatic rings. The smallest absolute Gasteiger partial charge is 0.0467 e. The summed E-state index contributed by atoms with van der Waals surface area (Å²) in [7, 11) is 0. The lowest BCUT2D eigenvalue weighted by Crippen LogP contribution is -2.10. The number of allylic oxidation sites excluding steroid dienone is 7. The molecule has 0 aliphatic heterocycles. The average Bonchev–Trinajstić information content (AvgIpc) is 3.97. The summed E-state index contributed by atoms with van der Waals surface area (Å²) < 4.78 is 0. The normalized spacial score (nSPS) is 16.4. The van der Waals surface area contributed by atoms with Gasteiger partial charge in [-0.2, -0.15) is 0 Å². The number of hydrogen-bond donors (Lipinski definition) is 1. The van der Waals surface area contributed by atoms with Gasteiger partial charge < -0.3 is 10.2 Å². The predicted octanol–water partition coefficient (Wildman–Crippen LogP) is 13.3. The number of hydrogen-bond acceptors (Lipinski definition) is 2. The Balaban J connectivity index is 0.000000186. The highest BCUT2D eigenvalue weighted by atomic mass is 15.1. The molecule has 0 aromatic heterocycles. The lowest BCUT2D eigenvalue weighted by Gasteiger charge is -2.26. The van der Waals surface area contributed by atoms with Gasteiger partial charge in [-0.05, 0) is 109 Å². The fraction of sp³-hybridized carbons (Fsp3) is 0.106. The Labute approximate surface area is 291 Å². The first kappa shape index (κ1) is 31.7. The lowest BCUT2D eigenvalue weighted by atomic mass is 9.93. The molecule has 240 valence electrons. The molecule has 49 heavy (non-hydrogen) atoms. The molecule has 0 spiro atoms. The van der Waals surface area contributed by atoms with E-state index in [-0.39, 0.29) is 0 Å². The van der Waals surface area contributed by atoms with Gasteiger partial charge in [0, 0.05) is 33.8 Å². The van der Waals surface area contributed by atoms with E-state index in [4.69, 9.17) is 0 Å². The van der Waals surface area contributed by atoms with Crippen LogP contribution in [0.2, 0.25) is 0 Å². The SMILES string of the molecule is C/C=C\C=C/c1cccc(N(c2ccccc2)c2ccc(C3=CC=C(C)C4CC34)cc2)c1.c1ccc(Nc2cccc3ccccc23)cc1. The number of benzene rings is 6. The molecule has 2 aliphatic carbocycles. The number of anilines is 5. The molecule has 1 N–H and O–H groups in total. The molecular weight excluding hydrogens is 593 g/mol. The predicted molar refractivity (Wildman–Crippen MR) is 212 cm³/mol. The van der Waals surface area contributed by atoms with Crippen molar-refractivity contribution in [1.29, 1.82) is 0 Å². The van der Waals surface area contributed by atoms with Crippen LogP contribution in [0.3, 0.4) is 0 Å². The summed E-state index contributed by atoms with van der Waals surface area (Å²) in [5, 5.41) is 5.95. The zero-order chi connectivity index (χ0) is 33.4. The fourth-order valence-corrected chi connectivity index (χ4v) is 6.70. The first-order valence-electron chi connectivity index (χ1n) is 17.2. The van der Waals surface area contributed by atoms with Gasteiger partial charge in [0.1, 0.15) is 0 Å². The van der Waals surface area contributed by atoms with Crippen LogP contribution in [0.1, 0.15) is 31.4 Å². The second-order valence-corrected chi connectivity index (χ2v) is 12.7. The lowest BCUT2D eigenvalue weighted by molar-refractivity contribution is 0.923. The molecule has 8 rings (SSSR count). The molecule has 0 heterocycles. The maximum absolute atomic E-state index is 3.45. The van der Waals surface area contributed by atoms with Gasteiger partial charge in [0.2, 0.25) is 0 Å². The van der Waals surface area contributed by atoms with E-state index >= 15 is 0 Å². The van der Waals surface area contributed by atoms with Gasteiger partial charge >= 0.3 is 0 Å². The molecule has 6 aromatic carbocycles. The van der Waals surface area contributed by atoms with Crippen molar-refractivity contribution in [3.63, 3.8) is 0 Å². The van der Waals surface area contributed by atoms with Gasteiger partial charge in [-0.25, -0.2) is 0 Å². The van der Waals surface area contributed by atoms with Crippen LogP contribution in [0.25, 0.3) is 22.4 Å². The standard InChI is InChI=1S/C31H29N.C16H13N/c1-3-4-6-10-24-11-9-14-28(21-24)32(26-12-7-5-8-13-26)27-18-16-25(17-19-27)29-20-15-23(2)30-22-31(29)30;1-2-9-14(10-3-1)17-16-12-6-8-13-7-4-5-11-15(13)16/h3-21,30-31H,22H2,1-2H3;1-12,17H/b4-3-,10-6-;. The molecule has 2 aliphatic rings. The Bertz CT molecular complexity index is 2130. The Morgan fingerprint density at radius 2 is 1.29 bits per heavy atom. The summed E-state index contributed by atoms with van der Waals surface area (Å²) in [5.74, 6) is 1.49. The van der Waals surface area contributed by atoms with Gasteiger partial charge in [-0.15, -0.1) is 0 Å². The average molecular weight is 635 g/mol. The van der Waals surface area contributed by atoms with Crippen molar-refractivity contribution in [3.05, 3.63) is 199 Å². The summed E-state index contributed by atoms with van der Waals surface area (Å²) in [6.45, 7) is 4.30. The van der Waals surface area contributed by atoms with Gasteiger partial charge in [0.05, 0.1) is 0 Å². The van der Waals surface area contributed by atoms with E-state index in [2.05, 4.69) is 181 Å². The molecule has 0 radical (unpaired) electrons. The highest BCUT2D eigenvalue weighted by molar-refractivity contribution is 5.95.